The Morgan fingerprint density at radius 3 is 2.81 bits per heavy atom. The fraction of sp³-hybridized carbons (Fsp3) is 0.105. The summed E-state index contributed by atoms with van der Waals surface area (Å²) in [5.41, 5.74) is 0.991. The molecule has 0 radical (unpaired) electrons. The number of hydrazone groups is 1. The van der Waals surface area contributed by atoms with Gasteiger partial charge in [-0.25, -0.2) is 5.01 Å². The van der Waals surface area contributed by atoms with Gasteiger partial charge in [-0.15, -0.1) is 11.7 Å². The lowest BCUT2D eigenvalue weighted by molar-refractivity contribution is -0.116. The van der Waals surface area contributed by atoms with Gasteiger partial charge >= 0.3 is 0 Å². The molecule has 0 aromatic heterocycles. The van der Waals surface area contributed by atoms with Gasteiger partial charge in [0, 0.05) is 16.5 Å². The van der Waals surface area contributed by atoms with E-state index in [4.69, 9.17) is 4.99 Å². The van der Waals surface area contributed by atoms with E-state index >= 15 is 0 Å². The maximum atomic E-state index is 12.8. The second kappa shape index (κ2) is 6.81. The van der Waals surface area contributed by atoms with E-state index in [1.165, 1.54) is 23.9 Å². The highest BCUT2D eigenvalue weighted by molar-refractivity contribution is 8.14. The van der Waals surface area contributed by atoms with E-state index < -0.39 is 6.17 Å². The minimum Gasteiger partial charge on any atom is -0.504 e. The van der Waals surface area contributed by atoms with Crippen LogP contribution in [0.2, 0.25) is 0 Å². The van der Waals surface area contributed by atoms with Crippen molar-refractivity contribution < 1.29 is 15.0 Å². The van der Waals surface area contributed by atoms with Gasteiger partial charge in [-0.2, -0.15) is 0 Å². The van der Waals surface area contributed by atoms with Crippen LogP contribution >= 0.6 is 11.8 Å². The van der Waals surface area contributed by atoms with Gasteiger partial charge in [0.25, 0.3) is 5.91 Å². The largest absolute Gasteiger partial charge is 0.504 e. The first kappa shape index (κ1) is 17.2. The molecular formula is C19H16N4O3S. The number of fused-ring (bicyclic) bond motifs is 2. The van der Waals surface area contributed by atoms with Crippen LogP contribution in [0.4, 0.5) is 0 Å². The van der Waals surface area contributed by atoms with Crippen molar-refractivity contribution in [3.63, 3.8) is 0 Å². The third-order valence-electron chi connectivity index (χ3n) is 4.15. The average molecular weight is 380 g/mol. The number of thioether (sulfide) groups is 1. The number of nitrogens with zero attached hydrogens (tertiary/aromatic N) is 3. The summed E-state index contributed by atoms with van der Waals surface area (Å²) in [6.45, 7) is 3.68. The van der Waals surface area contributed by atoms with E-state index in [2.05, 4.69) is 17.0 Å². The summed E-state index contributed by atoms with van der Waals surface area (Å²) in [6.07, 6.45) is 1.08. The maximum Gasteiger partial charge on any atom is 0.276 e. The van der Waals surface area contributed by atoms with E-state index in [1.54, 1.807) is 17.2 Å². The Balaban J connectivity index is 1.91. The molecule has 0 bridgehead atoms. The predicted octanol–water partition coefficient (Wildman–Crippen LogP) is 1.16. The first-order valence-electron chi connectivity index (χ1n) is 8.20. The molecule has 4 rings (SSSR count). The number of hydrogen-bond acceptors (Lipinski definition) is 7. The second-order valence-electron chi connectivity index (χ2n) is 5.92. The SMILES string of the molecule is C=CCSC1=NN2C(=c3ccccc3=NC2c2ccc(O)c(O)c2)C(=O)N1. The average Bonchev–Trinajstić information content (AvgIpc) is 2.67. The topological polar surface area (TPSA) is 97.5 Å². The van der Waals surface area contributed by atoms with Crippen molar-refractivity contribution in [2.24, 2.45) is 10.1 Å². The van der Waals surface area contributed by atoms with E-state index in [1.807, 2.05) is 24.3 Å². The summed E-state index contributed by atoms with van der Waals surface area (Å²) in [7, 11) is 0. The lowest BCUT2D eigenvalue weighted by Gasteiger charge is -2.34. The monoisotopic (exact) mass is 380 g/mol. The molecule has 2 aromatic carbocycles. The minimum absolute atomic E-state index is 0.221. The molecule has 0 aliphatic carbocycles. The number of para-hydroxylation sites is 1. The Bertz CT molecular complexity index is 1100. The van der Waals surface area contributed by atoms with Crippen LogP contribution in [0.15, 0.2) is 65.2 Å². The highest BCUT2D eigenvalue weighted by atomic mass is 32.2. The van der Waals surface area contributed by atoms with Crippen molar-refractivity contribution in [2.75, 3.05) is 5.75 Å². The molecule has 2 aromatic rings. The highest BCUT2D eigenvalue weighted by Gasteiger charge is 2.34. The lowest BCUT2D eigenvalue weighted by Crippen LogP contribution is -2.50. The molecule has 0 saturated heterocycles. The van der Waals surface area contributed by atoms with Crippen LogP contribution in [0, 0.1) is 0 Å². The predicted molar refractivity (Wildman–Crippen MR) is 103 cm³/mol. The number of nitrogens with one attached hydrogen (secondary N) is 1. The van der Waals surface area contributed by atoms with Crippen LogP contribution in [0.25, 0.3) is 5.70 Å². The molecule has 0 saturated carbocycles. The van der Waals surface area contributed by atoms with Crippen molar-refractivity contribution in [3.05, 3.63) is 71.3 Å². The molecular weight excluding hydrogens is 364 g/mol. The Labute approximate surface area is 159 Å². The van der Waals surface area contributed by atoms with E-state index in [0.717, 1.165) is 0 Å². The van der Waals surface area contributed by atoms with Gasteiger partial charge in [-0.05, 0) is 18.2 Å². The van der Waals surface area contributed by atoms with E-state index in [-0.39, 0.29) is 17.4 Å². The summed E-state index contributed by atoms with van der Waals surface area (Å²) >= 11 is 1.35. The number of carbonyl (C=O) groups excluding carboxylic acids is 1. The van der Waals surface area contributed by atoms with Gasteiger partial charge < -0.3 is 10.2 Å². The first-order chi connectivity index (χ1) is 13.1. The fourth-order valence-corrected chi connectivity index (χ4v) is 3.53. The van der Waals surface area contributed by atoms with Crippen LogP contribution in [0.3, 0.4) is 0 Å². The molecule has 136 valence electrons. The zero-order valence-corrected chi connectivity index (χ0v) is 15.0. The molecule has 1 unspecified atom stereocenters. The molecule has 1 amide bonds. The van der Waals surface area contributed by atoms with Crippen LogP contribution in [0.5, 0.6) is 11.5 Å². The van der Waals surface area contributed by atoms with Crippen LogP contribution in [0.1, 0.15) is 11.7 Å². The number of hydrogen-bond donors (Lipinski definition) is 3. The molecule has 2 heterocycles. The Morgan fingerprint density at radius 2 is 2.04 bits per heavy atom. The van der Waals surface area contributed by atoms with Crippen molar-refractivity contribution in [1.29, 1.82) is 0 Å². The van der Waals surface area contributed by atoms with Crippen molar-refractivity contribution in [2.45, 2.75) is 6.17 Å². The number of amides is 1. The van der Waals surface area contributed by atoms with Gasteiger partial charge in [0.1, 0.15) is 5.70 Å². The third-order valence-corrected chi connectivity index (χ3v) is 5.01. The van der Waals surface area contributed by atoms with Crippen LogP contribution in [-0.4, -0.2) is 32.0 Å². The van der Waals surface area contributed by atoms with E-state index in [0.29, 0.717) is 32.8 Å². The summed E-state index contributed by atoms with van der Waals surface area (Å²) in [6, 6.07) is 11.8. The molecule has 1 atom stereocenters. The van der Waals surface area contributed by atoms with Crippen molar-refractivity contribution in [1.82, 2.24) is 10.3 Å². The Kier molecular flexibility index (Phi) is 4.33. The molecule has 0 fully saturated rings. The van der Waals surface area contributed by atoms with Gasteiger partial charge in [-0.1, -0.05) is 42.1 Å². The number of benzene rings is 2. The molecule has 27 heavy (non-hydrogen) atoms. The molecule has 2 aliphatic rings. The molecule has 3 N–H and O–H groups in total. The number of phenolic OH excluding ortho intramolecular Hbond substituents is 2. The minimum atomic E-state index is -0.646. The molecule has 8 heteroatoms. The van der Waals surface area contributed by atoms with Gasteiger partial charge in [-0.3, -0.25) is 15.1 Å². The fourth-order valence-electron chi connectivity index (χ4n) is 2.95. The van der Waals surface area contributed by atoms with Crippen LogP contribution < -0.4 is 15.9 Å². The Morgan fingerprint density at radius 1 is 1.22 bits per heavy atom. The summed E-state index contributed by atoms with van der Waals surface area (Å²) in [4.78, 5) is 17.5. The first-order valence-corrected chi connectivity index (χ1v) is 9.19. The second-order valence-corrected chi connectivity index (χ2v) is 6.93. The molecule has 2 aliphatic heterocycles. The zero-order valence-electron chi connectivity index (χ0n) is 14.2. The highest BCUT2D eigenvalue weighted by Crippen LogP contribution is 2.34. The smallest absolute Gasteiger partial charge is 0.276 e. The lowest BCUT2D eigenvalue weighted by atomic mass is 10.1. The van der Waals surface area contributed by atoms with Gasteiger partial charge in [0.05, 0.1) is 5.36 Å². The summed E-state index contributed by atoms with van der Waals surface area (Å²) in [5, 5.41) is 30.2. The number of carbonyl (C=O) groups is 1. The molecule has 7 nitrogen and oxygen atoms in total. The number of aromatic hydroxyl groups is 2. The van der Waals surface area contributed by atoms with Gasteiger partial charge in [0.2, 0.25) is 0 Å². The van der Waals surface area contributed by atoms with Crippen LogP contribution in [-0.2, 0) is 4.79 Å². The maximum absolute atomic E-state index is 12.8. The summed E-state index contributed by atoms with van der Waals surface area (Å²) < 4.78 is 0. The van der Waals surface area contributed by atoms with Crippen molar-refractivity contribution in [3.8, 4) is 11.5 Å². The number of phenols is 2. The molecule has 0 spiro atoms. The van der Waals surface area contributed by atoms with Crippen molar-refractivity contribution >= 4 is 28.5 Å². The third kappa shape index (κ3) is 3.04. The van der Waals surface area contributed by atoms with E-state index in [9.17, 15) is 15.0 Å². The zero-order chi connectivity index (χ0) is 19.0. The Hall–Kier alpha value is -3.26. The number of amidine groups is 1. The normalized spacial score (nSPS) is 18.0. The quantitative estimate of drug-likeness (QED) is 0.548. The van der Waals surface area contributed by atoms with Gasteiger partial charge in [0.15, 0.2) is 22.8 Å². The standard InChI is InChI=1S/C19H16N4O3S/c1-2-9-27-19-21-18(26)16-12-5-3-4-6-13(12)20-17(23(16)22-19)11-7-8-14(24)15(25)10-11/h2-8,10,17,24-25H,1,9H2,(H,21,22,26). The summed E-state index contributed by atoms with van der Waals surface area (Å²) in [5.74, 6) is -0.149. The number of rotatable bonds is 3.